The van der Waals surface area contributed by atoms with E-state index in [0.29, 0.717) is 24.6 Å². The molecular weight excluding hydrogens is 452 g/mol. The number of carbonyl (C=O) groups is 2. The van der Waals surface area contributed by atoms with Crippen molar-refractivity contribution in [2.45, 2.75) is 19.3 Å². The molecule has 0 saturated carbocycles. The molecule has 144 valence electrons. The maximum Gasteiger partial charge on any atom is 0.243 e. The summed E-state index contributed by atoms with van der Waals surface area (Å²) in [6.45, 7) is 1.49. The molecule has 1 atom stereocenters. The standard InChI is InChI=1S/C17H24FN5O2.HI/c1-20-17(23-7-3-4-12(11-23)8-15(19)24)21-10-16(25)22-14-6-2-5-13(18)9-14;/h2,5-6,9,12H,3-4,7-8,10-11H2,1H3,(H2,19,24)(H,20,21)(H,22,25);1H. The lowest BCUT2D eigenvalue weighted by molar-refractivity contribution is -0.119. The topological polar surface area (TPSA) is 99.8 Å². The Balaban J connectivity index is 0.00000338. The van der Waals surface area contributed by atoms with Crippen LogP contribution in [-0.4, -0.2) is 49.4 Å². The Morgan fingerprint density at radius 1 is 1.42 bits per heavy atom. The molecule has 1 aromatic rings. The molecule has 0 spiro atoms. The smallest absolute Gasteiger partial charge is 0.243 e. The Morgan fingerprint density at radius 2 is 2.19 bits per heavy atom. The summed E-state index contributed by atoms with van der Waals surface area (Å²) < 4.78 is 13.1. The molecule has 1 saturated heterocycles. The predicted molar refractivity (Wildman–Crippen MR) is 110 cm³/mol. The lowest BCUT2D eigenvalue weighted by Crippen LogP contribution is -2.48. The van der Waals surface area contributed by atoms with Gasteiger partial charge in [0.15, 0.2) is 5.96 Å². The minimum Gasteiger partial charge on any atom is -0.370 e. The van der Waals surface area contributed by atoms with E-state index < -0.39 is 5.82 Å². The van der Waals surface area contributed by atoms with Gasteiger partial charge in [0.1, 0.15) is 5.82 Å². The number of hydrogen-bond donors (Lipinski definition) is 3. The van der Waals surface area contributed by atoms with Gasteiger partial charge in [-0.15, -0.1) is 24.0 Å². The molecule has 1 aliphatic rings. The Hall–Kier alpha value is -1.91. The number of primary amides is 1. The van der Waals surface area contributed by atoms with Crippen LogP contribution in [0.1, 0.15) is 19.3 Å². The number of carbonyl (C=O) groups excluding carboxylic acids is 2. The fourth-order valence-electron chi connectivity index (χ4n) is 2.97. The van der Waals surface area contributed by atoms with E-state index in [0.717, 1.165) is 19.4 Å². The van der Waals surface area contributed by atoms with Gasteiger partial charge in [-0.2, -0.15) is 0 Å². The quantitative estimate of drug-likeness (QED) is 0.341. The number of nitrogens with one attached hydrogen (secondary N) is 2. The number of piperidine rings is 1. The van der Waals surface area contributed by atoms with Gasteiger partial charge in [0.05, 0.1) is 6.54 Å². The van der Waals surface area contributed by atoms with Crippen molar-refractivity contribution in [2.75, 3.05) is 32.0 Å². The molecule has 1 unspecified atom stereocenters. The minimum absolute atomic E-state index is 0. The first-order valence-corrected chi connectivity index (χ1v) is 8.27. The Morgan fingerprint density at radius 3 is 2.85 bits per heavy atom. The maximum absolute atomic E-state index is 13.1. The predicted octanol–water partition coefficient (Wildman–Crippen LogP) is 1.54. The van der Waals surface area contributed by atoms with Crippen molar-refractivity contribution in [3.63, 3.8) is 0 Å². The SMILES string of the molecule is CN=C(NCC(=O)Nc1cccc(F)c1)N1CCCC(CC(N)=O)C1.I. The third kappa shape index (κ3) is 7.14. The molecular formula is C17H25FIN5O2. The highest BCUT2D eigenvalue weighted by Crippen LogP contribution is 2.19. The zero-order valence-electron chi connectivity index (χ0n) is 14.7. The van der Waals surface area contributed by atoms with Crippen molar-refractivity contribution >= 4 is 47.4 Å². The van der Waals surface area contributed by atoms with Crippen LogP contribution >= 0.6 is 24.0 Å². The van der Waals surface area contributed by atoms with Gasteiger partial charge in [0.25, 0.3) is 0 Å². The molecule has 7 nitrogen and oxygen atoms in total. The van der Waals surface area contributed by atoms with E-state index in [4.69, 9.17) is 5.73 Å². The number of hydrogen-bond acceptors (Lipinski definition) is 3. The number of amides is 2. The lowest BCUT2D eigenvalue weighted by atomic mass is 9.95. The average Bonchev–Trinajstić information content (AvgIpc) is 2.55. The number of rotatable bonds is 5. The molecule has 1 aromatic carbocycles. The summed E-state index contributed by atoms with van der Waals surface area (Å²) in [4.78, 5) is 29.3. The van der Waals surface area contributed by atoms with E-state index in [1.54, 1.807) is 13.1 Å². The molecule has 2 amide bonds. The lowest BCUT2D eigenvalue weighted by Gasteiger charge is -2.34. The summed E-state index contributed by atoms with van der Waals surface area (Å²) in [5.74, 6) is -0.202. The van der Waals surface area contributed by atoms with Crippen LogP contribution < -0.4 is 16.4 Å². The maximum atomic E-state index is 13.1. The van der Waals surface area contributed by atoms with Gasteiger partial charge in [0, 0.05) is 32.2 Å². The summed E-state index contributed by atoms with van der Waals surface area (Å²) >= 11 is 0. The Labute approximate surface area is 169 Å². The highest BCUT2D eigenvalue weighted by atomic mass is 127. The second kappa shape index (κ2) is 10.9. The van der Waals surface area contributed by atoms with Crippen molar-refractivity contribution in [1.29, 1.82) is 0 Å². The molecule has 0 radical (unpaired) electrons. The Bertz CT molecular complexity index is 656. The van der Waals surface area contributed by atoms with E-state index in [2.05, 4.69) is 15.6 Å². The van der Waals surface area contributed by atoms with E-state index >= 15 is 0 Å². The molecule has 0 aliphatic carbocycles. The molecule has 2 rings (SSSR count). The van der Waals surface area contributed by atoms with Crippen LogP contribution in [0, 0.1) is 11.7 Å². The summed E-state index contributed by atoms with van der Waals surface area (Å²) in [7, 11) is 1.64. The van der Waals surface area contributed by atoms with Crippen LogP contribution in [-0.2, 0) is 9.59 Å². The highest BCUT2D eigenvalue weighted by Gasteiger charge is 2.23. The van der Waals surface area contributed by atoms with Gasteiger partial charge < -0.3 is 21.3 Å². The monoisotopic (exact) mass is 477 g/mol. The number of halogens is 2. The van der Waals surface area contributed by atoms with Crippen molar-refractivity contribution < 1.29 is 14.0 Å². The number of benzene rings is 1. The zero-order valence-corrected chi connectivity index (χ0v) is 17.0. The molecule has 0 bridgehead atoms. The minimum atomic E-state index is -0.407. The fourth-order valence-corrected chi connectivity index (χ4v) is 2.97. The number of aliphatic imine (C=N–C) groups is 1. The average molecular weight is 477 g/mol. The number of guanidine groups is 1. The number of nitrogens with zero attached hydrogens (tertiary/aromatic N) is 2. The van der Waals surface area contributed by atoms with Crippen molar-refractivity contribution in [1.82, 2.24) is 10.2 Å². The van der Waals surface area contributed by atoms with Crippen LogP contribution in [0.5, 0.6) is 0 Å². The molecule has 26 heavy (non-hydrogen) atoms. The van der Waals surface area contributed by atoms with Crippen LogP contribution in [0.3, 0.4) is 0 Å². The molecule has 1 aliphatic heterocycles. The van der Waals surface area contributed by atoms with E-state index in [9.17, 15) is 14.0 Å². The summed E-state index contributed by atoms with van der Waals surface area (Å²) in [6.07, 6.45) is 2.25. The first kappa shape index (κ1) is 22.1. The fraction of sp³-hybridized carbons (Fsp3) is 0.471. The molecule has 0 aromatic heterocycles. The van der Waals surface area contributed by atoms with Crippen LogP contribution in [0.4, 0.5) is 10.1 Å². The van der Waals surface area contributed by atoms with Gasteiger partial charge in [-0.1, -0.05) is 6.07 Å². The number of anilines is 1. The van der Waals surface area contributed by atoms with Gasteiger partial charge in [-0.25, -0.2) is 4.39 Å². The highest BCUT2D eigenvalue weighted by molar-refractivity contribution is 14.0. The van der Waals surface area contributed by atoms with E-state index in [-0.39, 0.29) is 48.3 Å². The number of nitrogens with two attached hydrogens (primary N) is 1. The molecule has 1 heterocycles. The third-order valence-electron chi connectivity index (χ3n) is 4.04. The van der Waals surface area contributed by atoms with Crippen LogP contribution in [0.15, 0.2) is 29.3 Å². The van der Waals surface area contributed by atoms with Gasteiger partial charge in [-0.3, -0.25) is 14.6 Å². The van der Waals surface area contributed by atoms with Crippen molar-refractivity contribution in [2.24, 2.45) is 16.6 Å². The van der Waals surface area contributed by atoms with Crippen molar-refractivity contribution in [3.05, 3.63) is 30.1 Å². The van der Waals surface area contributed by atoms with Gasteiger partial charge in [0.2, 0.25) is 11.8 Å². The molecule has 1 fully saturated rings. The molecule has 4 N–H and O–H groups in total. The van der Waals surface area contributed by atoms with Crippen molar-refractivity contribution in [3.8, 4) is 0 Å². The summed E-state index contributed by atoms with van der Waals surface area (Å²) in [6, 6.07) is 5.72. The normalized spacial score (nSPS) is 17.2. The zero-order chi connectivity index (χ0) is 18.2. The first-order chi connectivity index (χ1) is 12.0. The molecule has 9 heteroatoms. The summed E-state index contributed by atoms with van der Waals surface area (Å²) in [5.41, 5.74) is 5.68. The first-order valence-electron chi connectivity index (χ1n) is 8.27. The second-order valence-electron chi connectivity index (χ2n) is 6.08. The van der Waals surface area contributed by atoms with Gasteiger partial charge >= 0.3 is 0 Å². The largest absolute Gasteiger partial charge is 0.370 e. The van der Waals surface area contributed by atoms with E-state index in [1.807, 2.05) is 4.90 Å². The van der Waals surface area contributed by atoms with E-state index in [1.165, 1.54) is 18.2 Å². The Kier molecular flexibility index (Phi) is 9.31. The van der Waals surface area contributed by atoms with Gasteiger partial charge in [-0.05, 0) is 37.0 Å². The van der Waals surface area contributed by atoms with Crippen LogP contribution in [0.25, 0.3) is 0 Å². The second-order valence-corrected chi connectivity index (χ2v) is 6.08. The summed E-state index contributed by atoms with van der Waals surface area (Å²) in [5, 5.41) is 5.63. The number of likely N-dealkylation sites (tertiary alicyclic amines) is 1. The third-order valence-corrected chi connectivity index (χ3v) is 4.04. The van der Waals surface area contributed by atoms with Crippen LogP contribution in [0.2, 0.25) is 0 Å².